The summed E-state index contributed by atoms with van der Waals surface area (Å²) in [7, 11) is 1.36. The molecule has 0 aromatic heterocycles. The van der Waals surface area contributed by atoms with Gasteiger partial charge in [0.1, 0.15) is 5.66 Å². The lowest BCUT2D eigenvalue weighted by Gasteiger charge is -2.46. The molecule has 2 rings (SSSR count). The number of carbonyl (C=O) groups excluding carboxylic acids is 2. The van der Waals surface area contributed by atoms with Crippen LogP contribution in [-0.2, 0) is 16.1 Å². The van der Waals surface area contributed by atoms with Gasteiger partial charge >= 0.3 is 5.97 Å². The van der Waals surface area contributed by atoms with E-state index in [9.17, 15) is 9.59 Å². The van der Waals surface area contributed by atoms with E-state index in [2.05, 4.69) is 36.7 Å². The Morgan fingerprint density at radius 3 is 2.29 bits per heavy atom. The van der Waals surface area contributed by atoms with Gasteiger partial charge in [-0.15, -0.1) is 0 Å². The van der Waals surface area contributed by atoms with Gasteiger partial charge in [-0.25, -0.2) is 4.79 Å². The standard InChI is InChI=1S/C22H31BrN2O3/c1-16(23)24-22(12-10-19(11-13-22)21(2,3)4)25(15-26)14-17-6-8-18(9-7-17)20(27)28-5/h6-9,15,19H,10-14H2,1-5H3/b24-16+. The van der Waals surface area contributed by atoms with Gasteiger partial charge in [0.05, 0.1) is 17.3 Å². The topological polar surface area (TPSA) is 59.0 Å². The van der Waals surface area contributed by atoms with Crippen molar-refractivity contribution < 1.29 is 14.3 Å². The van der Waals surface area contributed by atoms with Gasteiger partial charge in [-0.3, -0.25) is 9.79 Å². The first-order valence-corrected chi connectivity index (χ1v) is 10.5. The van der Waals surface area contributed by atoms with E-state index >= 15 is 0 Å². The summed E-state index contributed by atoms with van der Waals surface area (Å²) >= 11 is 3.47. The number of nitrogens with zero attached hydrogens (tertiary/aromatic N) is 2. The minimum atomic E-state index is -0.530. The van der Waals surface area contributed by atoms with Gasteiger partial charge in [0, 0.05) is 6.54 Å². The predicted molar refractivity (Wildman–Crippen MR) is 116 cm³/mol. The molecule has 0 unspecified atom stereocenters. The maximum absolute atomic E-state index is 12.1. The number of rotatable bonds is 6. The molecule has 0 heterocycles. The summed E-state index contributed by atoms with van der Waals surface area (Å²) in [5, 5.41) is 0. The third kappa shape index (κ3) is 5.43. The summed E-state index contributed by atoms with van der Waals surface area (Å²) in [6.07, 6.45) is 4.68. The number of carbonyl (C=O) groups is 2. The molecule has 6 heteroatoms. The maximum atomic E-state index is 12.1. The van der Waals surface area contributed by atoms with Crippen molar-refractivity contribution in [2.75, 3.05) is 7.11 Å². The van der Waals surface area contributed by atoms with Gasteiger partial charge in [-0.05, 0) is 77.6 Å². The van der Waals surface area contributed by atoms with Crippen LogP contribution in [0.1, 0.15) is 69.3 Å². The average molecular weight is 451 g/mol. The molecule has 1 saturated carbocycles. The lowest BCUT2D eigenvalue weighted by atomic mass is 9.69. The van der Waals surface area contributed by atoms with Crippen LogP contribution < -0.4 is 0 Å². The molecular formula is C22H31BrN2O3. The summed E-state index contributed by atoms with van der Waals surface area (Å²) in [6.45, 7) is 9.21. The molecular weight excluding hydrogens is 420 g/mol. The number of esters is 1. The largest absolute Gasteiger partial charge is 0.465 e. The van der Waals surface area contributed by atoms with Crippen LogP contribution in [-0.4, -0.2) is 34.7 Å². The van der Waals surface area contributed by atoms with Gasteiger partial charge in [-0.1, -0.05) is 32.9 Å². The fourth-order valence-electron chi connectivity index (χ4n) is 4.04. The second-order valence-corrected chi connectivity index (χ2v) is 9.80. The van der Waals surface area contributed by atoms with Gasteiger partial charge in [-0.2, -0.15) is 0 Å². The molecule has 0 radical (unpaired) electrons. The zero-order valence-corrected chi connectivity index (χ0v) is 19.1. The molecule has 28 heavy (non-hydrogen) atoms. The SMILES string of the molecule is COC(=O)c1ccc(CN(C=O)C2(/N=C(\C)Br)CCC(C(C)(C)C)CC2)cc1. The van der Waals surface area contributed by atoms with Crippen LogP contribution in [0.2, 0.25) is 0 Å². The van der Waals surface area contributed by atoms with Crippen LogP contribution in [0.25, 0.3) is 0 Å². The van der Waals surface area contributed by atoms with E-state index in [1.54, 1.807) is 12.1 Å². The molecule has 0 N–H and O–H groups in total. The van der Waals surface area contributed by atoms with Crippen molar-refractivity contribution in [2.45, 2.75) is 65.6 Å². The first kappa shape index (κ1) is 22.6. The second kappa shape index (κ2) is 9.21. The number of aliphatic imine (C=N–C) groups is 1. The summed E-state index contributed by atoms with van der Waals surface area (Å²) in [5.74, 6) is 0.259. The van der Waals surface area contributed by atoms with E-state index in [1.807, 2.05) is 24.0 Å². The van der Waals surface area contributed by atoms with Crippen LogP contribution in [0.5, 0.6) is 0 Å². The number of amides is 1. The number of halogens is 1. The zero-order valence-electron chi connectivity index (χ0n) is 17.5. The van der Waals surface area contributed by atoms with Gasteiger partial charge < -0.3 is 9.64 Å². The Balaban J connectivity index is 2.23. The minimum Gasteiger partial charge on any atom is -0.465 e. The first-order valence-electron chi connectivity index (χ1n) is 9.72. The molecule has 1 aliphatic rings. The number of benzene rings is 1. The summed E-state index contributed by atoms with van der Waals surface area (Å²) in [5.41, 5.74) is 1.19. The third-order valence-electron chi connectivity index (χ3n) is 5.76. The van der Waals surface area contributed by atoms with E-state index in [-0.39, 0.29) is 11.4 Å². The molecule has 0 atom stereocenters. The van der Waals surface area contributed by atoms with Crippen molar-refractivity contribution in [3.8, 4) is 0 Å². The molecule has 1 amide bonds. The van der Waals surface area contributed by atoms with Crippen molar-refractivity contribution in [3.63, 3.8) is 0 Å². The summed E-state index contributed by atoms with van der Waals surface area (Å²) < 4.78 is 5.54. The molecule has 0 saturated heterocycles. The van der Waals surface area contributed by atoms with Gasteiger partial charge in [0.2, 0.25) is 6.41 Å². The van der Waals surface area contributed by atoms with Crippen LogP contribution in [0.15, 0.2) is 29.3 Å². The monoisotopic (exact) mass is 450 g/mol. The highest BCUT2D eigenvalue weighted by Gasteiger charge is 2.42. The normalized spacial score (nSPS) is 23.2. The Hall–Kier alpha value is -1.69. The Morgan fingerprint density at radius 2 is 1.86 bits per heavy atom. The van der Waals surface area contributed by atoms with Crippen LogP contribution >= 0.6 is 15.9 Å². The smallest absolute Gasteiger partial charge is 0.337 e. The van der Waals surface area contributed by atoms with E-state index in [1.165, 1.54) is 7.11 Å². The molecule has 154 valence electrons. The molecule has 5 nitrogen and oxygen atoms in total. The fraction of sp³-hybridized carbons (Fsp3) is 0.591. The van der Waals surface area contributed by atoms with Crippen molar-refractivity contribution in [1.82, 2.24) is 4.90 Å². The molecule has 0 aliphatic heterocycles. The zero-order chi connectivity index (χ0) is 20.9. The number of hydrogen-bond donors (Lipinski definition) is 0. The lowest BCUT2D eigenvalue weighted by molar-refractivity contribution is -0.126. The van der Waals surface area contributed by atoms with Crippen molar-refractivity contribution in [3.05, 3.63) is 35.4 Å². The quantitative estimate of drug-likeness (QED) is 0.340. The van der Waals surface area contributed by atoms with E-state index in [0.717, 1.165) is 42.3 Å². The fourth-order valence-corrected chi connectivity index (χ4v) is 4.37. The third-order valence-corrected chi connectivity index (χ3v) is 5.94. The first-order chi connectivity index (χ1) is 13.1. The van der Waals surface area contributed by atoms with Crippen LogP contribution in [0, 0.1) is 11.3 Å². The minimum absolute atomic E-state index is 0.259. The molecule has 0 spiro atoms. The van der Waals surface area contributed by atoms with E-state index in [0.29, 0.717) is 18.0 Å². The summed E-state index contributed by atoms with van der Waals surface area (Å²) in [6, 6.07) is 7.18. The highest BCUT2D eigenvalue weighted by molar-refractivity contribution is 9.18. The Labute approximate surface area is 176 Å². The maximum Gasteiger partial charge on any atom is 0.337 e. The molecule has 1 aliphatic carbocycles. The predicted octanol–water partition coefficient (Wildman–Crippen LogP) is 5.18. The van der Waals surface area contributed by atoms with Crippen molar-refractivity contribution in [2.24, 2.45) is 16.3 Å². The second-order valence-electron chi connectivity index (χ2n) is 8.65. The number of ether oxygens (including phenoxy) is 1. The lowest BCUT2D eigenvalue weighted by Crippen LogP contribution is -2.50. The molecule has 1 aromatic rings. The molecule has 0 bridgehead atoms. The highest BCUT2D eigenvalue weighted by Crippen LogP contribution is 2.44. The molecule has 1 fully saturated rings. The van der Waals surface area contributed by atoms with Gasteiger partial charge in [0.25, 0.3) is 0 Å². The van der Waals surface area contributed by atoms with Crippen LogP contribution in [0.3, 0.4) is 0 Å². The van der Waals surface area contributed by atoms with E-state index in [4.69, 9.17) is 9.73 Å². The number of hydrogen-bond acceptors (Lipinski definition) is 4. The van der Waals surface area contributed by atoms with Gasteiger partial charge in [0.15, 0.2) is 0 Å². The van der Waals surface area contributed by atoms with Crippen molar-refractivity contribution >= 4 is 32.9 Å². The number of methoxy groups -OCH3 is 1. The Morgan fingerprint density at radius 1 is 1.29 bits per heavy atom. The molecule has 1 aromatic carbocycles. The Bertz CT molecular complexity index is 710. The highest BCUT2D eigenvalue weighted by atomic mass is 79.9. The van der Waals surface area contributed by atoms with Crippen LogP contribution in [0.4, 0.5) is 0 Å². The van der Waals surface area contributed by atoms with E-state index < -0.39 is 5.66 Å². The summed E-state index contributed by atoms with van der Waals surface area (Å²) in [4.78, 5) is 30.4. The average Bonchev–Trinajstić information content (AvgIpc) is 2.65. The van der Waals surface area contributed by atoms with Crippen molar-refractivity contribution in [1.29, 1.82) is 0 Å². The Kier molecular flexibility index (Phi) is 7.43.